The third kappa shape index (κ3) is 10.4. The number of benzene rings is 1. The Morgan fingerprint density at radius 2 is 1.79 bits per heavy atom. The molecule has 17 nitrogen and oxygen atoms in total. The minimum atomic E-state index is -1.39. The number of rotatable bonds is 11. The number of nitrogens with zero attached hydrogens (tertiary/aromatic N) is 7. The highest BCUT2D eigenvalue weighted by atomic mass is 32.1. The van der Waals surface area contributed by atoms with Crippen LogP contribution in [0.4, 0.5) is 4.79 Å². The lowest BCUT2D eigenvalue weighted by Gasteiger charge is -2.46. The summed E-state index contributed by atoms with van der Waals surface area (Å²) in [6, 6.07) is 6.34. The molecule has 5 heterocycles. The van der Waals surface area contributed by atoms with Crippen LogP contribution in [0.5, 0.6) is 0 Å². The van der Waals surface area contributed by atoms with Gasteiger partial charge >= 0.3 is 12.1 Å². The first-order valence-electron chi connectivity index (χ1n) is 22.3. The number of aliphatic hydroxyl groups excluding tert-OH is 1. The molecule has 3 saturated heterocycles. The van der Waals surface area contributed by atoms with E-state index in [1.54, 1.807) is 32.7 Å². The molecule has 0 bridgehead atoms. The van der Waals surface area contributed by atoms with Gasteiger partial charge in [0.05, 0.1) is 46.3 Å². The number of hydrogen-bond donors (Lipinski definition) is 1. The van der Waals surface area contributed by atoms with Crippen LogP contribution in [0.1, 0.15) is 93.9 Å². The third-order valence-corrected chi connectivity index (χ3v) is 14.4. The van der Waals surface area contributed by atoms with Gasteiger partial charge in [0.25, 0.3) is 0 Å². The van der Waals surface area contributed by atoms with Gasteiger partial charge in [-0.1, -0.05) is 31.2 Å². The average Bonchev–Trinajstić information content (AvgIpc) is 3.96. The Hall–Kier alpha value is -4.07. The molecule has 348 valence electrons. The number of fused-ring (bicyclic) bond motifs is 2. The predicted octanol–water partition coefficient (Wildman–Crippen LogP) is 5.32. The first kappa shape index (κ1) is 48.4. The number of aryl methyl sites for hydroxylation is 1. The van der Waals surface area contributed by atoms with Crippen molar-refractivity contribution in [2.45, 2.75) is 160 Å². The number of aliphatic hydroxyl groups is 1. The molecule has 63 heavy (non-hydrogen) atoms. The summed E-state index contributed by atoms with van der Waals surface area (Å²) in [6.07, 6.45) is -0.810. The van der Waals surface area contributed by atoms with E-state index in [2.05, 4.69) is 10.3 Å². The number of hydrogen-bond acceptors (Lipinski definition) is 15. The van der Waals surface area contributed by atoms with Crippen LogP contribution >= 0.6 is 11.3 Å². The summed E-state index contributed by atoms with van der Waals surface area (Å²) in [4.78, 5) is 66.0. The van der Waals surface area contributed by atoms with Gasteiger partial charge in [0.1, 0.15) is 34.6 Å². The number of esters is 1. The number of ether oxygens (including phenoxy) is 5. The minimum Gasteiger partial charge on any atom is -0.458 e. The molecule has 2 aromatic heterocycles. The van der Waals surface area contributed by atoms with Gasteiger partial charge in [-0.3, -0.25) is 24.0 Å². The molecule has 3 fully saturated rings. The summed E-state index contributed by atoms with van der Waals surface area (Å²) in [5, 5.41) is 20.9. The molecule has 0 aliphatic carbocycles. The largest absolute Gasteiger partial charge is 0.458 e. The molecule has 3 aromatic rings. The van der Waals surface area contributed by atoms with E-state index < -0.39 is 71.7 Å². The number of likely N-dealkylation sites (N-methyl/N-ethyl adjacent to an activating group) is 1. The SMILES string of the molecule is CC[C@H]1OC(=O)[C@H](C)C(=O)C[C@@H](O[C@@H]2OC(C)CC(N(C)C)C2O)[C@](C)(OC)C[C@@H](C)CN(C(C)=O)[C@H](C)[C@H]2N(CCCCn3cc(-c4nc5ccccc5s4)nn3)C(=O)O[C@]12C. The number of para-hydroxylation sites is 1. The van der Waals surface area contributed by atoms with E-state index in [1.165, 1.54) is 21.0 Å². The summed E-state index contributed by atoms with van der Waals surface area (Å²) >= 11 is 1.56. The maximum absolute atomic E-state index is 14.2. The van der Waals surface area contributed by atoms with E-state index in [-0.39, 0.29) is 43.4 Å². The molecule has 1 aromatic carbocycles. The molecule has 12 atom stereocenters. The van der Waals surface area contributed by atoms with Crippen LogP contribution in [0.2, 0.25) is 0 Å². The monoisotopic (exact) mass is 897 g/mol. The summed E-state index contributed by atoms with van der Waals surface area (Å²) in [7, 11) is 5.30. The molecule has 0 radical (unpaired) electrons. The second-order valence-electron chi connectivity index (χ2n) is 18.4. The highest BCUT2D eigenvalue weighted by Crippen LogP contribution is 2.41. The quantitative estimate of drug-likeness (QED) is 0.148. The van der Waals surface area contributed by atoms with Crippen molar-refractivity contribution in [3.63, 3.8) is 0 Å². The Kier molecular flexibility index (Phi) is 15.3. The molecule has 0 saturated carbocycles. The molecular formula is C45H67N7O10S. The molecule has 3 aliphatic heterocycles. The van der Waals surface area contributed by atoms with E-state index in [9.17, 15) is 24.3 Å². The number of ketones is 1. The molecule has 1 N–H and O–H groups in total. The van der Waals surface area contributed by atoms with Crippen LogP contribution in [-0.4, -0.2) is 158 Å². The Balaban J connectivity index is 1.25. The molecule has 2 amide bonds. The Bertz CT molecular complexity index is 2050. The van der Waals surface area contributed by atoms with Gasteiger partial charge in [-0.25, -0.2) is 9.78 Å². The average molecular weight is 898 g/mol. The van der Waals surface area contributed by atoms with Crippen molar-refractivity contribution in [1.29, 1.82) is 0 Å². The zero-order valence-corrected chi connectivity index (χ0v) is 39.5. The van der Waals surface area contributed by atoms with Gasteiger partial charge in [0.15, 0.2) is 11.9 Å². The van der Waals surface area contributed by atoms with Gasteiger partial charge < -0.3 is 38.6 Å². The lowest BCUT2D eigenvalue weighted by Crippen LogP contribution is -2.62. The number of cyclic esters (lactones) is 1. The zero-order chi connectivity index (χ0) is 46.0. The smallest absolute Gasteiger partial charge is 0.410 e. The second-order valence-corrected chi connectivity index (χ2v) is 19.4. The Morgan fingerprint density at radius 1 is 1.08 bits per heavy atom. The van der Waals surface area contributed by atoms with Gasteiger partial charge in [-0.05, 0) is 98.9 Å². The normalized spacial score (nSPS) is 33.8. The van der Waals surface area contributed by atoms with Crippen LogP contribution in [-0.2, 0) is 44.6 Å². The maximum atomic E-state index is 14.2. The summed E-state index contributed by atoms with van der Waals surface area (Å²) in [5.74, 6) is -2.86. The highest BCUT2D eigenvalue weighted by Gasteiger charge is 2.59. The van der Waals surface area contributed by atoms with Crippen molar-refractivity contribution in [3.05, 3.63) is 30.5 Å². The third-order valence-electron chi connectivity index (χ3n) is 13.4. The van der Waals surface area contributed by atoms with Gasteiger partial charge in [0.2, 0.25) is 5.91 Å². The van der Waals surface area contributed by atoms with E-state index in [0.29, 0.717) is 44.5 Å². The minimum absolute atomic E-state index is 0.210. The molecular weight excluding hydrogens is 831 g/mol. The van der Waals surface area contributed by atoms with Crippen molar-refractivity contribution < 1.29 is 48.0 Å². The number of carbonyl (C=O) groups excluding carboxylic acids is 4. The van der Waals surface area contributed by atoms with Crippen LogP contribution < -0.4 is 0 Å². The van der Waals surface area contributed by atoms with Gasteiger partial charge in [-0.15, -0.1) is 16.4 Å². The van der Waals surface area contributed by atoms with Crippen molar-refractivity contribution in [1.82, 2.24) is 34.7 Å². The number of methoxy groups -OCH3 is 1. The van der Waals surface area contributed by atoms with E-state index in [1.807, 2.05) is 84.1 Å². The predicted molar refractivity (Wildman–Crippen MR) is 236 cm³/mol. The van der Waals surface area contributed by atoms with Crippen molar-refractivity contribution >= 4 is 45.3 Å². The number of aromatic nitrogens is 4. The Labute approximate surface area is 374 Å². The molecule has 0 spiro atoms. The maximum Gasteiger partial charge on any atom is 0.410 e. The van der Waals surface area contributed by atoms with E-state index in [4.69, 9.17) is 28.7 Å². The summed E-state index contributed by atoms with van der Waals surface area (Å²) in [5.41, 5.74) is -0.931. The van der Waals surface area contributed by atoms with Crippen molar-refractivity contribution in [3.8, 4) is 10.7 Å². The van der Waals surface area contributed by atoms with Gasteiger partial charge in [-0.2, -0.15) is 0 Å². The summed E-state index contributed by atoms with van der Waals surface area (Å²) < 4.78 is 34.2. The molecule has 18 heteroatoms. The van der Waals surface area contributed by atoms with Crippen LogP contribution in [0, 0.1) is 11.8 Å². The topological polar surface area (TPSA) is 188 Å². The number of Topliss-reactive ketones (excluding diaryl/α,β-unsaturated/α-hetero) is 1. The van der Waals surface area contributed by atoms with Crippen molar-refractivity contribution in [2.75, 3.05) is 34.3 Å². The first-order chi connectivity index (χ1) is 29.8. The fourth-order valence-electron chi connectivity index (χ4n) is 9.75. The first-order valence-corrected chi connectivity index (χ1v) is 23.1. The van der Waals surface area contributed by atoms with E-state index in [0.717, 1.165) is 15.2 Å². The lowest BCUT2D eigenvalue weighted by atomic mass is 9.82. The Morgan fingerprint density at radius 3 is 2.46 bits per heavy atom. The van der Waals surface area contributed by atoms with Gasteiger partial charge in [0, 0.05) is 46.1 Å². The van der Waals surface area contributed by atoms with Crippen LogP contribution in [0.3, 0.4) is 0 Å². The van der Waals surface area contributed by atoms with E-state index >= 15 is 0 Å². The van der Waals surface area contributed by atoms with Crippen LogP contribution in [0.15, 0.2) is 30.5 Å². The standard InChI is InChI=1S/C45H67N7O10S/c1-12-36-45(8)39(51(43(57)62-45)20-16-15-19-50-25-32(47-48-50)40-46-31-17-13-14-18-35(31)63-40)29(5)52(30(6)53)24-26(2)23-44(7,58-11)37(22-34(54)28(4)41(56)60-36)61-42-38(55)33(49(9)10)21-27(3)59-42/h13-14,17-18,25-29,33,36-39,42,55H,12,15-16,19-24H2,1-11H3/t26-,27?,28-,29-,33?,36-,37-,38?,39-,42+,44-,45-/m1/s1. The number of unbranched alkanes of at least 4 members (excludes halogenated alkanes) is 1. The number of thiazole rings is 1. The highest BCUT2D eigenvalue weighted by molar-refractivity contribution is 7.21. The summed E-state index contributed by atoms with van der Waals surface area (Å²) in [6.45, 7) is 15.3. The molecule has 3 aliphatic rings. The van der Waals surface area contributed by atoms with Crippen LogP contribution in [0.25, 0.3) is 20.9 Å². The fourth-order valence-corrected chi connectivity index (χ4v) is 10.7. The zero-order valence-electron chi connectivity index (χ0n) is 38.7. The second kappa shape index (κ2) is 20.0. The molecule has 3 unspecified atom stereocenters. The lowest BCUT2D eigenvalue weighted by molar-refractivity contribution is -0.289. The number of amides is 2. The number of carbonyl (C=O) groups is 4. The fraction of sp³-hybridized carbons (Fsp3) is 0.711. The molecule has 6 rings (SSSR count). The van der Waals surface area contributed by atoms with Crippen molar-refractivity contribution in [2.24, 2.45) is 11.8 Å².